The number of amides is 3. The predicted molar refractivity (Wildman–Crippen MR) is 138 cm³/mol. The molecule has 0 saturated carbocycles. The molecule has 0 bridgehead atoms. The Morgan fingerprint density at radius 1 is 1.08 bits per heavy atom. The minimum Gasteiger partial charge on any atom is -0.493 e. The first-order chi connectivity index (χ1) is 18.3. The van der Waals surface area contributed by atoms with E-state index in [1.165, 1.54) is 43.5 Å². The number of carbonyl (C=O) groups excluding carboxylic acids is 2. The van der Waals surface area contributed by atoms with Gasteiger partial charge in [-0.15, -0.1) is 6.58 Å². The van der Waals surface area contributed by atoms with E-state index in [-0.39, 0.29) is 24.5 Å². The molecule has 1 aliphatic rings. The van der Waals surface area contributed by atoms with Gasteiger partial charge in [0.2, 0.25) is 0 Å². The number of allylic oxidation sites excluding steroid dienone is 1. The molecule has 9 nitrogen and oxygen atoms in total. The largest absolute Gasteiger partial charge is 0.493 e. The molecule has 3 amide bonds. The highest BCUT2D eigenvalue weighted by Crippen LogP contribution is 2.35. The van der Waals surface area contributed by atoms with Crippen molar-refractivity contribution in [1.29, 1.82) is 0 Å². The number of imide groups is 1. The van der Waals surface area contributed by atoms with Crippen molar-refractivity contribution in [2.45, 2.75) is 19.6 Å². The minimum atomic E-state index is -0.577. The molecule has 3 aromatic rings. The Labute approximate surface area is 217 Å². The van der Waals surface area contributed by atoms with Crippen molar-refractivity contribution in [2.75, 3.05) is 7.11 Å². The second kappa shape index (κ2) is 11.4. The van der Waals surface area contributed by atoms with Crippen LogP contribution in [0.4, 0.5) is 14.9 Å². The maximum atomic E-state index is 13.2. The predicted octanol–water partition coefficient (Wildman–Crippen LogP) is 5.14. The number of carbonyl (C=O) groups is 2. The Kier molecular flexibility index (Phi) is 7.81. The molecule has 0 radical (unpaired) electrons. The van der Waals surface area contributed by atoms with E-state index in [4.69, 9.17) is 9.47 Å². The van der Waals surface area contributed by atoms with Gasteiger partial charge in [0.1, 0.15) is 18.1 Å². The molecule has 1 saturated heterocycles. The van der Waals surface area contributed by atoms with Crippen LogP contribution in [0.1, 0.15) is 22.3 Å². The van der Waals surface area contributed by atoms with Gasteiger partial charge in [0.15, 0.2) is 11.5 Å². The van der Waals surface area contributed by atoms with Crippen LogP contribution in [0.15, 0.2) is 79.0 Å². The zero-order valence-electron chi connectivity index (χ0n) is 20.5. The summed E-state index contributed by atoms with van der Waals surface area (Å²) in [5, 5.41) is 13.5. The van der Waals surface area contributed by atoms with E-state index in [0.29, 0.717) is 29.0 Å². The van der Waals surface area contributed by atoms with Crippen molar-refractivity contribution in [3.05, 3.63) is 117 Å². The number of non-ortho nitro benzene ring substituents is 1. The molecule has 0 unspecified atom stereocenters. The highest BCUT2D eigenvalue weighted by molar-refractivity contribution is 6.13. The SMILES string of the molecule is C=CCc1cc(/C=C2/NC(=O)N(Cc3ccc(F)cc3)C2=O)cc(OC)c1OCc1ccc([N+](=O)[O-])cc1. The first-order valence-corrected chi connectivity index (χ1v) is 11.6. The molecule has 1 heterocycles. The lowest BCUT2D eigenvalue weighted by Crippen LogP contribution is -2.30. The van der Waals surface area contributed by atoms with E-state index in [1.54, 1.807) is 36.4 Å². The monoisotopic (exact) mass is 517 g/mol. The van der Waals surface area contributed by atoms with Gasteiger partial charge < -0.3 is 14.8 Å². The van der Waals surface area contributed by atoms with Gasteiger partial charge >= 0.3 is 6.03 Å². The third-order valence-electron chi connectivity index (χ3n) is 5.80. The van der Waals surface area contributed by atoms with E-state index < -0.39 is 22.7 Å². The zero-order valence-corrected chi connectivity index (χ0v) is 20.5. The van der Waals surface area contributed by atoms with Crippen LogP contribution in [0.3, 0.4) is 0 Å². The van der Waals surface area contributed by atoms with Gasteiger partial charge in [-0.2, -0.15) is 0 Å². The lowest BCUT2D eigenvalue weighted by Gasteiger charge is -2.16. The molecule has 1 fully saturated rings. The Bertz CT molecular complexity index is 1420. The van der Waals surface area contributed by atoms with Crippen LogP contribution in [0, 0.1) is 15.9 Å². The molecule has 1 aliphatic heterocycles. The summed E-state index contributed by atoms with van der Waals surface area (Å²) in [5.41, 5.74) is 2.74. The quantitative estimate of drug-likeness (QED) is 0.131. The van der Waals surface area contributed by atoms with E-state index >= 15 is 0 Å². The van der Waals surface area contributed by atoms with Crippen molar-refractivity contribution in [3.8, 4) is 11.5 Å². The van der Waals surface area contributed by atoms with Crippen LogP contribution in [-0.2, 0) is 24.4 Å². The van der Waals surface area contributed by atoms with E-state index in [9.17, 15) is 24.1 Å². The Balaban J connectivity index is 1.56. The Morgan fingerprint density at radius 3 is 2.39 bits per heavy atom. The molecule has 1 N–H and O–H groups in total. The Morgan fingerprint density at radius 2 is 1.76 bits per heavy atom. The van der Waals surface area contributed by atoms with Crippen LogP contribution < -0.4 is 14.8 Å². The number of nitrogens with zero attached hydrogens (tertiary/aromatic N) is 2. The molecule has 0 aromatic heterocycles. The minimum absolute atomic E-state index is 0.00272. The van der Waals surface area contributed by atoms with Crippen molar-refractivity contribution in [3.63, 3.8) is 0 Å². The number of nitro groups is 1. The molecular formula is C28H24FN3O6. The van der Waals surface area contributed by atoms with E-state index in [1.807, 2.05) is 0 Å². The molecule has 194 valence electrons. The highest BCUT2D eigenvalue weighted by atomic mass is 19.1. The van der Waals surface area contributed by atoms with Crippen molar-refractivity contribution in [1.82, 2.24) is 10.2 Å². The highest BCUT2D eigenvalue weighted by Gasteiger charge is 2.33. The summed E-state index contributed by atoms with van der Waals surface area (Å²) in [6.07, 6.45) is 3.66. The summed E-state index contributed by atoms with van der Waals surface area (Å²) in [5.74, 6) is -0.0521. The summed E-state index contributed by atoms with van der Waals surface area (Å²) >= 11 is 0. The number of methoxy groups -OCH3 is 1. The summed E-state index contributed by atoms with van der Waals surface area (Å²) in [7, 11) is 1.48. The van der Waals surface area contributed by atoms with Crippen molar-refractivity contribution in [2.24, 2.45) is 0 Å². The summed E-state index contributed by atoms with van der Waals surface area (Å²) in [6, 6.07) is 14.5. The number of benzene rings is 3. The van der Waals surface area contributed by atoms with Crippen LogP contribution in [0.5, 0.6) is 11.5 Å². The van der Waals surface area contributed by atoms with Crippen LogP contribution in [0.2, 0.25) is 0 Å². The molecule has 38 heavy (non-hydrogen) atoms. The van der Waals surface area contributed by atoms with Gasteiger partial charge in [0.25, 0.3) is 11.6 Å². The summed E-state index contributed by atoms with van der Waals surface area (Å²) in [6.45, 7) is 3.94. The van der Waals surface area contributed by atoms with Crippen molar-refractivity contribution >= 4 is 23.7 Å². The molecule has 10 heteroatoms. The standard InChI is InChI=1S/C28H24FN3O6/c1-3-4-21-13-20(14-24-27(33)31(28(34)30-24)16-18-5-9-22(29)10-6-18)15-25(37-2)26(21)38-17-19-7-11-23(12-8-19)32(35)36/h3,5-15H,1,4,16-17H2,2H3,(H,30,34)/b24-14+. The number of rotatable bonds is 10. The fourth-order valence-electron chi connectivity index (χ4n) is 3.91. The second-order valence-electron chi connectivity index (χ2n) is 8.42. The lowest BCUT2D eigenvalue weighted by atomic mass is 10.0. The van der Waals surface area contributed by atoms with Gasteiger partial charge in [-0.25, -0.2) is 9.18 Å². The fourth-order valence-corrected chi connectivity index (χ4v) is 3.91. The molecule has 0 atom stereocenters. The molecule has 4 rings (SSSR count). The van der Waals surface area contributed by atoms with E-state index in [2.05, 4.69) is 11.9 Å². The molecule has 0 spiro atoms. The first-order valence-electron chi connectivity index (χ1n) is 11.6. The third-order valence-corrected chi connectivity index (χ3v) is 5.80. The molecule has 3 aromatic carbocycles. The molecule has 0 aliphatic carbocycles. The van der Waals surface area contributed by atoms with E-state index in [0.717, 1.165) is 16.0 Å². The number of hydrogen-bond acceptors (Lipinski definition) is 6. The third kappa shape index (κ3) is 5.86. The van der Waals surface area contributed by atoms with Gasteiger partial charge in [-0.3, -0.25) is 19.8 Å². The first kappa shape index (κ1) is 26.1. The number of ether oxygens (including phenoxy) is 2. The lowest BCUT2D eigenvalue weighted by molar-refractivity contribution is -0.384. The van der Waals surface area contributed by atoms with Gasteiger partial charge in [-0.05, 0) is 65.6 Å². The summed E-state index contributed by atoms with van der Waals surface area (Å²) < 4.78 is 24.8. The average Bonchev–Trinajstić information content (AvgIpc) is 3.16. The number of halogens is 1. The summed E-state index contributed by atoms with van der Waals surface area (Å²) in [4.78, 5) is 36.9. The Hall–Kier alpha value is -4.99. The van der Waals surface area contributed by atoms with Crippen LogP contribution in [-0.4, -0.2) is 28.9 Å². The normalized spacial score (nSPS) is 13.9. The number of nitrogens with one attached hydrogen (secondary N) is 1. The van der Waals surface area contributed by atoms with Crippen LogP contribution >= 0.6 is 0 Å². The van der Waals surface area contributed by atoms with Gasteiger partial charge in [0.05, 0.1) is 18.6 Å². The fraction of sp³-hybridized carbons (Fsp3) is 0.143. The average molecular weight is 518 g/mol. The number of urea groups is 1. The number of nitro benzene ring substituents is 1. The second-order valence-corrected chi connectivity index (χ2v) is 8.42. The van der Waals surface area contributed by atoms with Crippen LogP contribution in [0.25, 0.3) is 6.08 Å². The maximum Gasteiger partial charge on any atom is 0.329 e. The topological polar surface area (TPSA) is 111 Å². The maximum absolute atomic E-state index is 13.2. The smallest absolute Gasteiger partial charge is 0.329 e. The zero-order chi connectivity index (χ0) is 27.2. The van der Waals surface area contributed by atoms with Crippen molar-refractivity contribution < 1.29 is 28.4 Å². The number of hydrogen-bond donors (Lipinski definition) is 1. The van der Waals surface area contributed by atoms with Gasteiger partial charge in [-0.1, -0.05) is 18.2 Å². The molecular weight excluding hydrogens is 493 g/mol. The van der Waals surface area contributed by atoms with Gasteiger partial charge in [0, 0.05) is 17.7 Å².